The predicted molar refractivity (Wildman–Crippen MR) is 67.3 cm³/mol. The zero-order chi connectivity index (χ0) is 11.5. The second kappa shape index (κ2) is 9.65. The van der Waals surface area contributed by atoms with Crippen molar-refractivity contribution in [2.75, 3.05) is 6.54 Å². The summed E-state index contributed by atoms with van der Waals surface area (Å²) in [5, 5.41) is 3.34. The number of allylic oxidation sites excluding steroid dienone is 2. The summed E-state index contributed by atoms with van der Waals surface area (Å²) in [6, 6.07) is 0.280. The van der Waals surface area contributed by atoms with Crippen molar-refractivity contribution < 1.29 is 0 Å². The van der Waals surface area contributed by atoms with Crippen LogP contribution in [0.3, 0.4) is 0 Å². The predicted octanol–water partition coefficient (Wildman–Crippen LogP) is 1.72. The maximum Gasteiger partial charge on any atom is 0.0897 e. The summed E-state index contributed by atoms with van der Waals surface area (Å²) < 4.78 is 0. The second-order valence-corrected chi connectivity index (χ2v) is 3.29. The first-order chi connectivity index (χ1) is 7.24. The van der Waals surface area contributed by atoms with Gasteiger partial charge in [0.25, 0.3) is 0 Å². The summed E-state index contributed by atoms with van der Waals surface area (Å²) in [6.07, 6.45) is 10.1. The Morgan fingerprint density at radius 3 is 2.53 bits per heavy atom. The van der Waals surface area contributed by atoms with E-state index in [9.17, 15) is 0 Å². The van der Waals surface area contributed by atoms with Crippen LogP contribution in [0.5, 0.6) is 0 Å². The molecule has 0 aliphatic carbocycles. The highest BCUT2D eigenvalue weighted by Gasteiger charge is 2.04. The molecule has 0 amide bonds. The first kappa shape index (κ1) is 14.1. The molecular formula is C12H23N3. The quantitative estimate of drug-likeness (QED) is 0.246. The van der Waals surface area contributed by atoms with Gasteiger partial charge in [-0.1, -0.05) is 30.4 Å². The molecule has 0 bridgehead atoms. The van der Waals surface area contributed by atoms with Crippen LogP contribution in [0.25, 0.3) is 0 Å². The highest BCUT2D eigenvalue weighted by atomic mass is 15.4. The van der Waals surface area contributed by atoms with Crippen LogP contribution in [0.1, 0.15) is 20.8 Å². The van der Waals surface area contributed by atoms with Crippen LogP contribution in [-0.2, 0) is 0 Å². The lowest BCUT2D eigenvalue weighted by Gasteiger charge is -2.20. The van der Waals surface area contributed by atoms with Gasteiger partial charge >= 0.3 is 0 Å². The van der Waals surface area contributed by atoms with Gasteiger partial charge in [-0.2, -0.15) is 0 Å². The lowest BCUT2D eigenvalue weighted by Crippen LogP contribution is -2.50. The zero-order valence-corrected chi connectivity index (χ0v) is 9.96. The molecule has 0 rings (SSSR count). The van der Waals surface area contributed by atoms with Gasteiger partial charge in [0, 0.05) is 12.6 Å². The Morgan fingerprint density at radius 1 is 1.27 bits per heavy atom. The molecule has 0 aromatic carbocycles. The van der Waals surface area contributed by atoms with Gasteiger partial charge in [0.1, 0.15) is 0 Å². The van der Waals surface area contributed by atoms with Crippen molar-refractivity contribution in [3.05, 3.63) is 37.0 Å². The molecule has 0 spiro atoms. The van der Waals surface area contributed by atoms with Crippen molar-refractivity contribution in [1.29, 1.82) is 0 Å². The fourth-order valence-corrected chi connectivity index (χ4v) is 1.03. The molecule has 3 heteroatoms. The van der Waals surface area contributed by atoms with Crippen molar-refractivity contribution in [3.8, 4) is 0 Å². The smallest absolute Gasteiger partial charge is 0.0897 e. The largest absolute Gasteiger partial charge is 0.292 e. The van der Waals surface area contributed by atoms with Crippen LogP contribution >= 0.6 is 0 Å². The van der Waals surface area contributed by atoms with Gasteiger partial charge in [0.15, 0.2) is 0 Å². The summed E-state index contributed by atoms with van der Waals surface area (Å²) in [6.45, 7) is 10.6. The number of hydrogen-bond donors (Lipinski definition) is 3. The van der Waals surface area contributed by atoms with Crippen molar-refractivity contribution in [2.45, 2.75) is 33.0 Å². The van der Waals surface area contributed by atoms with Crippen molar-refractivity contribution >= 4 is 0 Å². The molecule has 0 saturated heterocycles. The van der Waals surface area contributed by atoms with E-state index in [2.05, 4.69) is 41.8 Å². The molecule has 0 aliphatic rings. The zero-order valence-electron chi connectivity index (χ0n) is 9.96. The van der Waals surface area contributed by atoms with Crippen molar-refractivity contribution in [1.82, 2.24) is 16.2 Å². The molecule has 0 radical (unpaired) electrons. The SMILES string of the molecule is C=CC(C)NC(C=CC)NNC/C=C/C. The van der Waals surface area contributed by atoms with Gasteiger partial charge in [0.2, 0.25) is 0 Å². The molecule has 0 saturated carbocycles. The highest BCUT2D eigenvalue weighted by molar-refractivity contribution is 4.93. The average molecular weight is 209 g/mol. The normalized spacial score (nSPS) is 15.9. The third-order valence-electron chi connectivity index (χ3n) is 1.89. The van der Waals surface area contributed by atoms with E-state index >= 15 is 0 Å². The molecule has 3 N–H and O–H groups in total. The number of nitrogens with one attached hydrogen (secondary N) is 3. The van der Waals surface area contributed by atoms with E-state index in [0.29, 0.717) is 0 Å². The molecule has 15 heavy (non-hydrogen) atoms. The molecule has 0 heterocycles. The molecular weight excluding hydrogens is 186 g/mol. The summed E-state index contributed by atoms with van der Waals surface area (Å²) in [7, 11) is 0. The Kier molecular flexibility index (Phi) is 9.07. The fraction of sp³-hybridized carbons (Fsp3) is 0.500. The fourth-order valence-electron chi connectivity index (χ4n) is 1.03. The Bertz CT molecular complexity index is 209. The number of rotatable bonds is 8. The lowest BCUT2D eigenvalue weighted by atomic mass is 10.3. The molecule has 0 aromatic heterocycles. The minimum atomic E-state index is 0.119. The van der Waals surface area contributed by atoms with Gasteiger partial charge in [-0.05, 0) is 20.8 Å². The standard InChI is InChI=1S/C12H23N3/c1-5-8-10-13-15-12(9-6-2)14-11(4)7-3/h5-9,11-15H,3,10H2,1-2,4H3/b8-5+,9-6?. The minimum Gasteiger partial charge on any atom is -0.292 e. The summed E-state index contributed by atoms with van der Waals surface area (Å²) in [5.41, 5.74) is 6.29. The van der Waals surface area contributed by atoms with Gasteiger partial charge in [-0.3, -0.25) is 10.7 Å². The maximum atomic E-state index is 3.74. The van der Waals surface area contributed by atoms with Crippen LogP contribution in [0.2, 0.25) is 0 Å². The summed E-state index contributed by atoms with van der Waals surface area (Å²) >= 11 is 0. The second-order valence-electron chi connectivity index (χ2n) is 3.29. The molecule has 3 nitrogen and oxygen atoms in total. The van der Waals surface area contributed by atoms with E-state index in [1.54, 1.807) is 0 Å². The Labute approximate surface area is 93.3 Å². The minimum absolute atomic E-state index is 0.119. The van der Waals surface area contributed by atoms with Crippen molar-refractivity contribution in [3.63, 3.8) is 0 Å². The van der Waals surface area contributed by atoms with Crippen LogP contribution in [0, 0.1) is 0 Å². The number of hydrazine groups is 1. The lowest BCUT2D eigenvalue weighted by molar-refractivity contribution is 0.419. The van der Waals surface area contributed by atoms with E-state index in [-0.39, 0.29) is 12.2 Å². The third-order valence-corrected chi connectivity index (χ3v) is 1.89. The molecule has 0 aliphatic heterocycles. The van der Waals surface area contributed by atoms with E-state index in [4.69, 9.17) is 0 Å². The highest BCUT2D eigenvalue weighted by Crippen LogP contribution is 1.87. The Balaban J connectivity index is 3.87. The van der Waals surface area contributed by atoms with E-state index in [1.165, 1.54) is 0 Å². The average Bonchev–Trinajstić information content (AvgIpc) is 2.24. The van der Waals surface area contributed by atoms with Crippen LogP contribution in [0.4, 0.5) is 0 Å². The summed E-state index contributed by atoms with van der Waals surface area (Å²) in [4.78, 5) is 0. The van der Waals surface area contributed by atoms with Gasteiger partial charge in [0.05, 0.1) is 6.17 Å². The van der Waals surface area contributed by atoms with Crippen LogP contribution in [-0.4, -0.2) is 18.8 Å². The molecule has 2 atom stereocenters. The van der Waals surface area contributed by atoms with Gasteiger partial charge < -0.3 is 0 Å². The molecule has 0 fully saturated rings. The maximum absolute atomic E-state index is 3.74. The molecule has 0 aromatic rings. The monoisotopic (exact) mass is 209 g/mol. The van der Waals surface area contributed by atoms with E-state index < -0.39 is 0 Å². The Hall–Kier alpha value is -0.900. The van der Waals surface area contributed by atoms with Crippen molar-refractivity contribution in [2.24, 2.45) is 0 Å². The van der Waals surface area contributed by atoms with E-state index in [1.807, 2.05) is 32.1 Å². The summed E-state index contributed by atoms with van der Waals surface area (Å²) in [5.74, 6) is 0. The van der Waals surface area contributed by atoms with Crippen LogP contribution < -0.4 is 16.2 Å². The topological polar surface area (TPSA) is 36.1 Å². The Morgan fingerprint density at radius 2 is 2.00 bits per heavy atom. The van der Waals surface area contributed by atoms with Crippen LogP contribution in [0.15, 0.2) is 37.0 Å². The van der Waals surface area contributed by atoms with Gasteiger partial charge in [-0.25, -0.2) is 5.43 Å². The molecule has 86 valence electrons. The third kappa shape index (κ3) is 8.12. The number of hydrogen-bond acceptors (Lipinski definition) is 3. The molecule has 2 unspecified atom stereocenters. The van der Waals surface area contributed by atoms with E-state index in [0.717, 1.165) is 6.54 Å². The first-order valence-corrected chi connectivity index (χ1v) is 5.35. The first-order valence-electron chi connectivity index (χ1n) is 5.35. The van der Waals surface area contributed by atoms with Gasteiger partial charge in [-0.15, -0.1) is 6.58 Å².